The Morgan fingerprint density at radius 2 is 1.85 bits per heavy atom. The van der Waals surface area contributed by atoms with E-state index in [9.17, 15) is 0 Å². The van der Waals surface area contributed by atoms with Gasteiger partial charge in [-0.15, -0.1) is 5.73 Å². The lowest BCUT2D eigenvalue weighted by Crippen LogP contribution is -2.04. The van der Waals surface area contributed by atoms with Gasteiger partial charge in [0.25, 0.3) is 0 Å². The van der Waals surface area contributed by atoms with E-state index in [0.29, 0.717) is 0 Å². The Morgan fingerprint density at radius 3 is 2.31 bits per heavy atom. The Hall–Kier alpha value is -0.480. The van der Waals surface area contributed by atoms with Crippen LogP contribution in [0.5, 0.6) is 0 Å². The van der Waals surface area contributed by atoms with Gasteiger partial charge >= 0.3 is 0 Å². The second kappa shape index (κ2) is 6.97. The van der Waals surface area contributed by atoms with Crippen LogP contribution in [0.25, 0.3) is 0 Å². The van der Waals surface area contributed by atoms with E-state index in [0.717, 1.165) is 18.3 Å². The van der Waals surface area contributed by atoms with E-state index >= 15 is 0 Å². The third kappa shape index (κ3) is 5.71. The summed E-state index contributed by atoms with van der Waals surface area (Å²) in [4.78, 5) is 0. The molecule has 0 rings (SSSR count). The Labute approximate surface area is 83.7 Å². The van der Waals surface area contributed by atoms with Crippen LogP contribution in [-0.2, 0) is 0 Å². The van der Waals surface area contributed by atoms with Gasteiger partial charge in [0.05, 0.1) is 0 Å². The van der Waals surface area contributed by atoms with Crippen molar-refractivity contribution in [1.82, 2.24) is 0 Å². The summed E-state index contributed by atoms with van der Waals surface area (Å²) in [6.07, 6.45) is 5.78. The average molecular weight is 180 g/mol. The van der Waals surface area contributed by atoms with Crippen molar-refractivity contribution in [2.45, 2.75) is 53.9 Å². The number of hydrogen-bond acceptors (Lipinski definition) is 0. The lowest BCUT2D eigenvalue weighted by atomic mass is 9.91. The Kier molecular flexibility index (Phi) is 6.72. The third-order valence-electron chi connectivity index (χ3n) is 2.98. The van der Waals surface area contributed by atoms with E-state index < -0.39 is 0 Å². The van der Waals surface area contributed by atoms with Gasteiger partial charge in [-0.2, -0.15) is 0 Å². The van der Waals surface area contributed by atoms with Crippen molar-refractivity contribution in [3.63, 3.8) is 0 Å². The number of rotatable bonds is 5. The van der Waals surface area contributed by atoms with Crippen molar-refractivity contribution >= 4 is 0 Å². The first-order chi connectivity index (χ1) is 6.11. The summed E-state index contributed by atoms with van der Waals surface area (Å²) in [5.41, 5.74) is 4.69. The monoisotopic (exact) mass is 180 g/mol. The van der Waals surface area contributed by atoms with E-state index in [2.05, 4.69) is 46.4 Å². The van der Waals surface area contributed by atoms with Crippen molar-refractivity contribution in [2.24, 2.45) is 11.8 Å². The summed E-state index contributed by atoms with van der Waals surface area (Å²) in [5, 5.41) is 0. The zero-order valence-corrected chi connectivity index (χ0v) is 9.85. The molecule has 0 saturated carbocycles. The largest absolute Gasteiger partial charge is 0.126 e. The summed E-state index contributed by atoms with van der Waals surface area (Å²) in [5.74, 6) is 1.63. The van der Waals surface area contributed by atoms with Crippen molar-refractivity contribution in [3.8, 4) is 0 Å². The van der Waals surface area contributed by atoms with Gasteiger partial charge in [0, 0.05) is 0 Å². The quantitative estimate of drug-likeness (QED) is 0.544. The van der Waals surface area contributed by atoms with Crippen LogP contribution in [0.15, 0.2) is 17.4 Å². The molecule has 2 unspecified atom stereocenters. The molecule has 0 nitrogen and oxygen atoms in total. The molecule has 0 heteroatoms. The molecule has 76 valence electrons. The fourth-order valence-electron chi connectivity index (χ4n) is 1.16. The molecule has 2 atom stereocenters. The number of allylic oxidation sites excluding steroid dienone is 1. The highest BCUT2D eigenvalue weighted by atomic mass is 14.1. The minimum Gasteiger partial charge on any atom is -0.126 e. The molecule has 0 fully saturated rings. The zero-order valence-electron chi connectivity index (χ0n) is 9.85. The molecule has 0 aromatic rings. The summed E-state index contributed by atoms with van der Waals surface area (Å²) in [7, 11) is 0. The van der Waals surface area contributed by atoms with Crippen LogP contribution in [0.3, 0.4) is 0 Å². The predicted molar refractivity (Wildman–Crippen MR) is 60.8 cm³/mol. The highest BCUT2D eigenvalue weighted by molar-refractivity contribution is 4.97. The third-order valence-corrected chi connectivity index (χ3v) is 2.98. The molecule has 0 spiro atoms. The van der Waals surface area contributed by atoms with Crippen LogP contribution in [0.2, 0.25) is 0 Å². The molecular formula is C13H24. The molecule has 0 aromatic heterocycles. The summed E-state index contributed by atoms with van der Waals surface area (Å²) < 4.78 is 0. The predicted octanol–water partition coefficient (Wildman–Crippen LogP) is 4.57. The van der Waals surface area contributed by atoms with Crippen LogP contribution < -0.4 is 0 Å². The highest BCUT2D eigenvalue weighted by Crippen LogP contribution is 2.18. The molecule has 0 N–H and O–H groups in total. The van der Waals surface area contributed by atoms with Gasteiger partial charge in [0.1, 0.15) is 0 Å². The minimum atomic E-state index is 0.794. The molecule has 0 aliphatic carbocycles. The first-order valence-corrected chi connectivity index (χ1v) is 5.52. The smallest absolute Gasteiger partial charge is 0.0246 e. The van der Waals surface area contributed by atoms with Crippen LogP contribution in [0, 0.1) is 11.8 Å². The summed E-state index contributed by atoms with van der Waals surface area (Å²) in [6.45, 7) is 11.2. The molecule has 0 heterocycles. The maximum Gasteiger partial charge on any atom is -0.0246 e. The van der Waals surface area contributed by atoms with E-state index in [4.69, 9.17) is 0 Å². The second-order valence-electron chi connectivity index (χ2n) is 4.08. The summed E-state index contributed by atoms with van der Waals surface area (Å²) >= 11 is 0. The van der Waals surface area contributed by atoms with Crippen LogP contribution in [0.4, 0.5) is 0 Å². The van der Waals surface area contributed by atoms with E-state index in [-0.39, 0.29) is 0 Å². The maximum absolute atomic E-state index is 3.33. The first kappa shape index (κ1) is 12.5. The maximum atomic E-state index is 3.33. The molecule has 0 saturated heterocycles. The molecule has 0 aliphatic heterocycles. The van der Waals surface area contributed by atoms with E-state index in [1.54, 1.807) is 0 Å². The molecule has 0 amide bonds. The van der Waals surface area contributed by atoms with Gasteiger partial charge < -0.3 is 0 Å². The lowest BCUT2D eigenvalue weighted by molar-refractivity contribution is 0.380. The normalized spacial score (nSPS) is 14.5. The average Bonchev–Trinajstić information content (AvgIpc) is 2.15. The first-order valence-electron chi connectivity index (χ1n) is 5.52. The van der Waals surface area contributed by atoms with Gasteiger partial charge in [-0.25, -0.2) is 0 Å². The Balaban J connectivity index is 3.95. The SMILES string of the molecule is CCC(C)=C=CCC(C)C(C)CC. The Morgan fingerprint density at radius 1 is 1.23 bits per heavy atom. The number of hydrogen-bond donors (Lipinski definition) is 0. The van der Waals surface area contributed by atoms with Gasteiger partial charge in [-0.3, -0.25) is 0 Å². The molecular weight excluding hydrogens is 156 g/mol. The van der Waals surface area contributed by atoms with Gasteiger partial charge in [-0.1, -0.05) is 34.1 Å². The highest BCUT2D eigenvalue weighted by Gasteiger charge is 2.07. The van der Waals surface area contributed by atoms with E-state index in [1.165, 1.54) is 18.4 Å². The minimum absolute atomic E-state index is 0.794. The van der Waals surface area contributed by atoms with Gasteiger partial charge in [0.2, 0.25) is 0 Å². The van der Waals surface area contributed by atoms with Crippen molar-refractivity contribution in [1.29, 1.82) is 0 Å². The zero-order chi connectivity index (χ0) is 10.3. The fraction of sp³-hybridized carbons (Fsp3) is 0.769. The van der Waals surface area contributed by atoms with E-state index in [1.807, 2.05) is 0 Å². The molecule has 0 bridgehead atoms. The molecule has 0 aliphatic rings. The van der Waals surface area contributed by atoms with Crippen LogP contribution >= 0.6 is 0 Å². The van der Waals surface area contributed by atoms with Crippen molar-refractivity contribution in [3.05, 3.63) is 17.4 Å². The van der Waals surface area contributed by atoms with Crippen LogP contribution in [-0.4, -0.2) is 0 Å². The van der Waals surface area contributed by atoms with Gasteiger partial charge in [-0.05, 0) is 43.3 Å². The standard InChI is InChI=1S/C13H24/c1-6-11(3)9-8-10-13(5)12(4)7-2/h8,12-13H,6-7,10H2,1-5H3. The topological polar surface area (TPSA) is 0 Å². The lowest BCUT2D eigenvalue weighted by Gasteiger charge is -2.15. The fourth-order valence-corrected chi connectivity index (χ4v) is 1.16. The summed E-state index contributed by atoms with van der Waals surface area (Å²) in [6, 6.07) is 0. The van der Waals surface area contributed by atoms with Crippen LogP contribution in [0.1, 0.15) is 53.9 Å². The molecule has 13 heavy (non-hydrogen) atoms. The Bertz CT molecular complexity index is 182. The van der Waals surface area contributed by atoms with Crippen molar-refractivity contribution in [2.75, 3.05) is 0 Å². The van der Waals surface area contributed by atoms with Crippen molar-refractivity contribution < 1.29 is 0 Å². The molecule has 0 aromatic carbocycles. The second-order valence-corrected chi connectivity index (χ2v) is 4.08. The van der Waals surface area contributed by atoms with Gasteiger partial charge in [0.15, 0.2) is 0 Å². The molecule has 0 radical (unpaired) electrons.